The van der Waals surface area contributed by atoms with Crippen LogP contribution in [0.15, 0.2) is 78.9 Å². The first-order valence-electron chi connectivity index (χ1n) is 9.39. The lowest BCUT2D eigenvalue weighted by molar-refractivity contribution is -0.114. The minimum atomic E-state index is -0.992. The van der Waals surface area contributed by atoms with Crippen molar-refractivity contribution in [2.24, 2.45) is 0 Å². The lowest BCUT2D eigenvalue weighted by Crippen LogP contribution is -2.24. The van der Waals surface area contributed by atoms with Crippen LogP contribution in [0.4, 0.5) is 5.69 Å². The Labute approximate surface area is 174 Å². The van der Waals surface area contributed by atoms with Gasteiger partial charge in [-0.25, -0.2) is 4.79 Å². The van der Waals surface area contributed by atoms with E-state index < -0.39 is 12.1 Å². The molecule has 0 radical (unpaired) electrons. The predicted octanol–water partition coefficient (Wildman–Crippen LogP) is 4.87. The van der Waals surface area contributed by atoms with E-state index in [2.05, 4.69) is 5.32 Å². The summed E-state index contributed by atoms with van der Waals surface area (Å²) in [6, 6.07) is 22.1. The molecule has 6 nitrogen and oxygen atoms in total. The van der Waals surface area contributed by atoms with Crippen LogP contribution in [0.3, 0.4) is 0 Å². The summed E-state index contributed by atoms with van der Waals surface area (Å²) in [5.74, 6) is -0.279. The molecule has 3 aromatic rings. The number of nitrogens with one attached hydrogen (secondary N) is 1. The van der Waals surface area contributed by atoms with Crippen LogP contribution in [0.2, 0.25) is 0 Å². The standard InChI is InChI=1S/C24H21NO5/c1-16(23(27)18-12-14-19(15-13-18)25-17(2)26)29-24(28)21-10-6-7-11-22(21)30-20-8-4-3-5-9-20/h3-16H,1-2H3,(H,25,26). The van der Waals surface area contributed by atoms with E-state index in [9.17, 15) is 14.4 Å². The fourth-order valence-electron chi connectivity index (χ4n) is 2.77. The van der Waals surface area contributed by atoms with Gasteiger partial charge in [-0.2, -0.15) is 0 Å². The van der Waals surface area contributed by atoms with Crippen LogP contribution in [0.1, 0.15) is 34.6 Å². The Balaban J connectivity index is 1.69. The van der Waals surface area contributed by atoms with E-state index in [1.54, 1.807) is 60.7 Å². The van der Waals surface area contributed by atoms with E-state index in [1.807, 2.05) is 18.2 Å². The molecule has 1 N–H and O–H groups in total. The molecule has 1 unspecified atom stereocenters. The molecule has 0 aliphatic carbocycles. The number of amides is 1. The molecule has 0 saturated heterocycles. The monoisotopic (exact) mass is 403 g/mol. The maximum Gasteiger partial charge on any atom is 0.342 e. The molecule has 1 atom stereocenters. The smallest absolute Gasteiger partial charge is 0.342 e. The average molecular weight is 403 g/mol. The van der Waals surface area contributed by atoms with Crippen molar-refractivity contribution >= 4 is 23.3 Å². The summed E-state index contributed by atoms with van der Waals surface area (Å²) < 4.78 is 11.2. The van der Waals surface area contributed by atoms with Crippen molar-refractivity contribution in [1.29, 1.82) is 0 Å². The fourth-order valence-corrected chi connectivity index (χ4v) is 2.77. The highest BCUT2D eigenvalue weighted by atomic mass is 16.5. The van der Waals surface area contributed by atoms with E-state index in [1.165, 1.54) is 13.8 Å². The van der Waals surface area contributed by atoms with Crippen LogP contribution in [0, 0.1) is 0 Å². The van der Waals surface area contributed by atoms with E-state index in [0.717, 1.165) is 0 Å². The first kappa shape index (κ1) is 20.8. The topological polar surface area (TPSA) is 81.7 Å². The number of hydrogen-bond acceptors (Lipinski definition) is 5. The van der Waals surface area contributed by atoms with Crippen LogP contribution >= 0.6 is 0 Å². The van der Waals surface area contributed by atoms with Crippen LogP contribution in [0.5, 0.6) is 11.5 Å². The van der Waals surface area contributed by atoms with Gasteiger partial charge in [-0.15, -0.1) is 0 Å². The maximum absolute atomic E-state index is 12.7. The van der Waals surface area contributed by atoms with Gasteiger partial charge < -0.3 is 14.8 Å². The predicted molar refractivity (Wildman–Crippen MR) is 113 cm³/mol. The highest BCUT2D eigenvalue weighted by Crippen LogP contribution is 2.26. The van der Waals surface area contributed by atoms with Gasteiger partial charge in [0.25, 0.3) is 0 Å². The molecule has 6 heteroatoms. The molecule has 0 aliphatic rings. The lowest BCUT2D eigenvalue weighted by Gasteiger charge is -2.15. The van der Waals surface area contributed by atoms with Crippen molar-refractivity contribution in [3.05, 3.63) is 90.0 Å². The van der Waals surface area contributed by atoms with E-state index in [0.29, 0.717) is 22.7 Å². The molecule has 0 bridgehead atoms. The van der Waals surface area contributed by atoms with Crippen molar-refractivity contribution < 1.29 is 23.9 Å². The van der Waals surface area contributed by atoms with Crippen molar-refractivity contribution in [3.8, 4) is 11.5 Å². The molecular formula is C24H21NO5. The SMILES string of the molecule is CC(=O)Nc1ccc(C(=O)C(C)OC(=O)c2ccccc2Oc2ccccc2)cc1. The summed E-state index contributed by atoms with van der Waals surface area (Å²) in [5, 5.41) is 2.63. The first-order valence-corrected chi connectivity index (χ1v) is 9.39. The summed E-state index contributed by atoms with van der Waals surface area (Å²) >= 11 is 0. The van der Waals surface area contributed by atoms with Gasteiger partial charge in [0.15, 0.2) is 6.10 Å². The zero-order valence-corrected chi connectivity index (χ0v) is 16.6. The van der Waals surface area contributed by atoms with Gasteiger partial charge in [0, 0.05) is 18.2 Å². The second kappa shape index (κ2) is 9.52. The number of Topliss-reactive ketones (excluding diaryl/α,β-unsaturated/α-hetero) is 1. The second-order valence-corrected chi connectivity index (χ2v) is 6.58. The quantitative estimate of drug-likeness (QED) is 0.450. The number of ether oxygens (including phenoxy) is 2. The van der Waals surface area contributed by atoms with Gasteiger partial charge in [-0.1, -0.05) is 30.3 Å². The zero-order valence-electron chi connectivity index (χ0n) is 16.6. The highest BCUT2D eigenvalue weighted by Gasteiger charge is 2.22. The third-order valence-corrected chi connectivity index (χ3v) is 4.22. The molecule has 0 aliphatic heterocycles. The van der Waals surface area contributed by atoms with Gasteiger partial charge in [0.05, 0.1) is 0 Å². The summed E-state index contributed by atoms with van der Waals surface area (Å²) in [5.41, 5.74) is 1.18. The number of esters is 1. The normalized spacial score (nSPS) is 11.3. The van der Waals surface area contributed by atoms with Crippen molar-refractivity contribution in [2.75, 3.05) is 5.32 Å². The number of para-hydroxylation sites is 2. The first-order chi connectivity index (χ1) is 14.4. The Kier molecular flexibility index (Phi) is 6.60. The number of carbonyl (C=O) groups excluding carboxylic acids is 3. The van der Waals surface area contributed by atoms with Crippen LogP contribution in [0.25, 0.3) is 0 Å². The zero-order chi connectivity index (χ0) is 21.5. The van der Waals surface area contributed by atoms with Gasteiger partial charge in [0.2, 0.25) is 11.7 Å². The third-order valence-electron chi connectivity index (χ3n) is 4.22. The van der Waals surface area contributed by atoms with Gasteiger partial charge >= 0.3 is 5.97 Å². The molecular weight excluding hydrogens is 382 g/mol. The Morgan fingerprint density at radius 1 is 0.833 bits per heavy atom. The summed E-state index contributed by atoms with van der Waals surface area (Å²) in [7, 11) is 0. The molecule has 0 fully saturated rings. The Morgan fingerprint density at radius 3 is 2.13 bits per heavy atom. The fraction of sp³-hybridized carbons (Fsp3) is 0.125. The molecule has 1 amide bonds. The molecule has 0 spiro atoms. The summed E-state index contributed by atoms with van der Waals surface area (Å²) in [6.45, 7) is 2.92. The summed E-state index contributed by atoms with van der Waals surface area (Å²) in [4.78, 5) is 36.4. The molecule has 0 aromatic heterocycles. The maximum atomic E-state index is 12.7. The average Bonchev–Trinajstić information content (AvgIpc) is 2.74. The van der Waals surface area contributed by atoms with Crippen molar-refractivity contribution in [1.82, 2.24) is 0 Å². The highest BCUT2D eigenvalue weighted by molar-refractivity contribution is 6.02. The lowest BCUT2D eigenvalue weighted by atomic mass is 10.1. The Bertz CT molecular complexity index is 1040. The third kappa shape index (κ3) is 5.32. The number of benzene rings is 3. The second-order valence-electron chi connectivity index (χ2n) is 6.58. The van der Waals surface area contributed by atoms with E-state index in [-0.39, 0.29) is 17.3 Å². The van der Waals surface area contributed by atoms with Crippen molar-refractivity contribution in [2.45, 2.75) is 20.0 Å². The van der Waals surface area contributed by atoms with Gasteiger partial charge in [-0.05, 0) is 55.5 Å². The summed E-state index contributed by atoms with van der Waals surface area (Å²) in [6.07, 6.45) is -0.992. The largest absolute Gasteiger partial charge is 0.456 e. The van der Waals surface area contributed by atoms with Gasteiger partial charge in [-0.3, -0.25) is 9.59 Å². The van der Waals surface area contributed by atoms with Crippen LogP contribution in [-0.4, -0.2) is 23.8 Å². The van der Waals surface area contributed by atoms with E-state index in [4.69, 9.17) is 9.47 Å². The number of rotatable bonds is 7. The van der Waals surface area contributed by atoms with E-state index >= 15 is 0 Å². The number of ketones is 1. The number of carbonyl (C=O) groups is 3. The molecule has 152 valence electrons. The molecule has 0 saturated carbocycles. The Morgan fingerprint density at radius 2 is 1.47 bits per heavy atom. The minimum Gasteiger partial charge on any atom is -0.456 e. The Hall–Kier alpha value is -3.93. The van der Waals surface area contributed by atoms with Gasteiger partial charge in [0.1, 0.15) is 17.1 Å². The number of anilines is 1. The molecule has 3 rings (SSSR count). The van der Waals surface area contributed by atoms with Crippen LogP contribution in [-0.2, 0) is 9.53 Å². The molecule has 3 aromatic carbocycles. The van der Waals surface area contributed by atoms with Crippen LogP contribution < -0.4 is 10.1 Å². The molecule has 30 heavy (non-hydrogen) atoms. The molecule has 0 heterocycles. The minimum absolute atomic E-state index is 0.201. The number of hydrogen-bond donors (Lipinski definition) is 1. The van der Waals surface area contributed by atoms with Crippen molar-refractivity contribution in [3.63, 3.8) is 0 Å².